The van der Waals surface area contributed by atoms with Crippen LogP contribution in [0.4, 0.5) is 10.5 Å². The van der Waals surface area contributed by atoms with E-state index in [2.05, 4.69) is 4.74 Å². The quantitative estimate of drug-likeness (QED) is 0.763. The SMILES string of the molecule is CN(C(=O)OCCCl)S(=O)(=O)N(C)c1ccccc1C#N. The third-order valence-electron chi connectivity index (χ3n) is 2.62. The lowest BCUT2D eigenvalue weighted by molar-refractivity contribution is 0.137. The van der Waals surface area contributed by atoms with Crippen molar-refractivity contribution >= 4 is 33.6 Å². The van der Waals surface area contributed by atoms with Crippen molar-refractivity contribution in [3.63, 3.8) is 0 Å². The maximum atomic E-state index is 12.3. The van der Waals surface area contributed by atoms with Crippen LogP contribution in [-0.4, -0.2) is 45.4 Å². The van der Waals surface area contributed by atoms with Crippen LogP contribution in [0.3, 0.4) is 0 Å². The van der Waals surface area contributed by atoms with Crippen molar-refractivity contribution in [3.05, 3.63) is 29.8 Å². The van der Waals surface area contributed by atoms with Crippen LogP contribution in [0.15, 0.2) is 24.3 Å². The minimum Gasteiger partial charge on any atom is -0.447 e. The number of carbonyl (C=O) groups is 1. The van der Waals surface area contributed by atoms with Gasteiger partial charge in [-0.25, -0.2) is 4.79 Å². The highest BCUT2D eigenvalue weighted by molar-refractivity contribution is 7.91. The Morgan fingerprint density at radius 3 is 2.57 bits per heavy atom. The Labute approximate surface area is 128 Å². The topological polar surface area (TPSA) is 90.7 Å². The molecule has 0 spiro atoms. The van der Waals surface area contributed by atoms with Gasteiger partial charge in [0.1, 0.15) is 12.7 Å². The van der Waals surface area contributed by atoms with Gasteiger partial charge in [-0.3, -0.25) is 4.31 Å². The number of ether oxygens (including phenoxy) is 1. The van der Waals surface area contributed by atoms with Gasteiger partial charge in [-0.1, -0.05) is 12.1 Å². The normalized spacial score (nSPS) is 10.6. The van der Waals surface area contributed by atoms with E-state index in [9.17, 15) is 13.2 Å². The van der Waals surface area contributed by atoms with Crippen LogP contribution < -0.4 is 4.31 Å². The molecule has 0 heterocycles. The summed E-state index contributed by atoms with van der Waals surface area (Å²) in [6.45, 7) is -0.0985. The Morgan fingerprint density at radius 2 is 2.00 bits per heavy atom. The largest absolute Gasteiger partial charge is 0.447 e. The molecule has 0 N–H and O–H groups in total. The molecule has 9 heteroatoms. The molecular weight excluding hydrogens is 318 g/mol. The lowest BCUT2D eigenvalue weighted by Crippen LogP contribution is -2.43. The molecule has 0 saturated heterocycles. The number of carbonyl (C=O) groups excluding carboxylic acids is 1. The fourth-order valence-electron chi connectivity index (χ4n) is 1.46. The van der Waals surface area contributed by atoms with Crippen LogP contribution >= 0.6 is 11.6 Å². The minimum absolute atomic E-state index is 0.0622. The predicted molar refractivity (Wildman–Crippen MR) is 78.3 cm³/mol. The lowest BCUT2D eigenvalue weighted by Gasteiger charge is -2.25. The van der Waals surface area contributed by atoms with E-state index in [1.54, 1.807) is 12.1 Å². The first-order chi connectivity index (χ1) is 9.86. The van der Waals surface area contributed by atoms with Gasteiger partial charge in [-0.15, -0.1) is 11.6 Å². The third kappa shape index (κ3) is 3.77. The summed E-state index contributed by atoms with van der Waals surface area (Å²) in [5, 5.41) is 9.01. The second-order valence-electron chi connectivity index (χ2n) is 3.88. The first-order valence-electron chi connectivity index (χ1n) is 5.81. The number of nitriles is 1. The Bertz CT molecular complexity index is 657. The van der Waals surface area contributed by atoms with Crippen LogP contribution in [-0.2, 0) is 14.9 Å². The number of para-hydroxylation sites is 1. The van der Waals surface area contributed by atoms with Gasteiger partial charge in [0.25, 0.3) is 0 Å². The van der Waals surface area contributed by atoms with E-state index in [1.165, 1.54) is 19.2 Å². The first kappa shape index (κ1) is 17.1. The molecule has 0 unspecified atom stereocenters. The molecular formula is C12H14ClN3O4S. The Hall–Kier alpha value is -1.98. The molecule has 0 fully saturated rings. The molecule has 1 aromatic rings. The van der Waals surface area contributed by atoms with Crippen molar-refractivity contribution in [1.29, 1.82) is 5.26 Å². The number of nitrogens with zero attached hydrogens (tertiary/aromatic N) is 3. The zero-order valence-electron chi connectivity index (χ0n) is 11.5. The highest BCUT2D eigenvalue weighted by atomic mass is 35.5. The van der Waals surface area contributed by atoms with Gasteiger partial charge < -0.3 is 4.74 Å². The minimum atomic E-state index is -4.16. The fraction of sp³-hybridized carbons (Fsp3) is 0.333. The van der Waals surface area contributed by atoms with Crippen molar-refractivity contribution in [1.82, 2.24) is 4.31 Å². The van der Waals surface area contributed by atoms with Crippen LogP contribution in [0.2, 0.25) is 0 Å². The Morgan fingerprint density at radius 1 is 1.38 bits per heavy atom. The van der Waals surface area contributed by atoms with Gasteiger partial charge in [0, 0.05) is 14.1 Å². The van der Waals surface area contributed by atoms with Gasteiger partial charge >= 0.3 is 16.3 Å². The summed E-state index contributed by atoms with van der Waals surface area (Å²) in [6.07, 6.45) is -1.04. The molecule has 0 atom stereocenters. The number of hydrogen-bond donors (Lipinski definition) is 0. The average Bonchev–Trinajstić information content (AvgIpc) is 2.50. The second kappa shape index (κ2) is 7.15. The summed E-state index contributed by atoms with van der Waals surface area (Å²) in [6, 6.07) is 8.04. The van der Waals surface area contributed by atoms with Gasteiger partial charge in [0.05, 0.1) is 17.1 Å². The Kier molecular flexibility index (Phi) is 5.81. The molecule has 0 aliphatic heterocycles. The van der Waals surface area contributed by atoms with Gasteiger partial charge in [0.15, 0.2) is 0 Å². The van der Waals surface area contributed by atoms with E-state index >= 15 is 0 Å². The molecule has 0 bridgehead atoms. The number of alkyl halides is 1. The predicted octanol–water partition coefficient (Wildman–Crippen LogP) is 1.55. The summed E-state index contributed by atoms with van der Waals surface area (Å²) >= 11 is 5.37. The van der Waals surface area contributed by atoms with E-state index in [4.69, 9.17) is 16.9 Å². The molecule has 114 valence electrons. The summed E-state index contributed by atoms with van der Waals surface area (Å²) in [5.74, 6) is 0.0622. The number of halogens is 1. The van der Waals surface area contributed by atoms with Crippen molar-refractivity contribution < 1.29 is 17.9 Å². The van der Waals surface area contributed by atoms with Gasteiger partial charge in [0.2, 0.25) is 0 Å². The van der Waals surface area contributed by atoms with Crippen LogP contribution in [0.25, 0.3) is 0 Å². The maximum Gasteiger partial charge on any atom is 0.424 e. The van der Waals surface area contributed by atoms with Gasteiger partial charge in [-0.05, 0) is 12.1 Å². The van der Waals surface area contributed by atoms with E-state index < -0.39 is 16.3 Å². The number of benzene rings is 1. The van der Waals surface area contributed by atoms with E-state index in [0.29, 0.717) is 4.31 Å². The zero-order valence-corrected chi connectivity index (χ0v) is 13.1. The van der Waals surface area contributed by atoms with E-state index in [1.807, 2.05) is 6.07 Å². The molecule has 0 saturated carbocycles. The lowest BCUT2D eigenvalue weighted by atomic mass is 10.2. The van der Waals surface area contributed by atoms with Crippen molar-refractivity contribution in [2.45, 2.75) is 0 Å². The molecule has 0 aromatic heterocycles. The number of rotatable bonds is 5. The van der Waals surface area contributed by atoms with Crippen molar-refractivity contribution in [2.24, 2.45) is 0 Å². The zero-order chi connectivity index (χ0) is 16.0. The third-order valence-corrected chi connectivity index (χ3v) is 4.50. The first-order valence-corrected chi connectivity index (χ1v) is 7.74. The molecule has 0 aliphatic rings. The summed E-state index contributed by atoms with van der Waals surface area (Å²) < 4.78 is 30.6. The van der Waals surface area contributed by atoms with E-state index in [-0.39, 0.29) is 23.7 Å². The van der Waals surface area contributed by atoms with Crippen molar-refractivity contribution in [2.75, 3.05) is 30.9 Å². The molecule has 21 heavy (non-hydrogen) atoms. The number of amides is 1. The van der Waals surface area contributed by atoms with Crippen LogP contribution in [0.1, 0.15) is 5.56 Å². The number of anilines is 1. The molecule has 1 amide bonds. The maximum absolute atomic E-state index is 12.3. The van der Waals surface area contributed by atoms with Gasteiger partial charge in [-0.2, -0.15) is 18.0 Å². The monoisotopic (exact) mass is 331 g/mol. The molecule has 0 radical (unpaired) electrons. The summed E-state index contributed by atoms with van der Waals surface area (Å²) in [7, 11) is -1.84. The molecule has 7 nitrogen and oxygen atoms in total. The number of hydrogen-bond acceptors (Lipinski definition) is 5. The highest BCUT2D eigenvalue weighted by Gasteiger charge is 2.30. The average molecular weight is 332 g/mol. The standard InChI is InChI=1S/C12H14ClN3O4S/c1-15(11-6-4-3-5-10(11)9-14)21(18,19)16(2)12(17)20-8-7-13/h3-6H,7-8H2,1-2H3. The fourth-order valence-corrected chi connectivity index (χ4v) is 2.56. The van der Waals surface area contributed by atoms with Crippen molar-refractivity contribution in [3.8, 4) is 6.07 Å². The molecule has 1 rings (SSSR count). The molecule has 1 aromatic carbocycles. The van der Waals surface area contributed by atoms with Crippen LogP contribution in [0.5, 0.6) is 0 Å². The second-order valence-corrected chi connectivity index (χ2v) is 6.24. The summed E-state index contributed by atoms with van der Waals surface area (Å²) in [5.41, 5.74) is 0.336. The molecule has 0 aliphatic carbocycles. The van der Waals surface area contributed by atoms with E-state index in [0.717, 1.165) is 11.4 Å². The smallest absolute Gasteiger partial charge is 0.424 e. The van der Waals surface area contributed by atoms with Crippen LogP contribution in [0, 0.1) is 11.3 Å². The highest BCUT2D eigenvalue weighted by Crippen LogP contribution is 2.22. The summed E-state index contributed by atoms with van der Waals surface area (Å²) in [4.78, 5) is 11.6. The Balaban J connectivity index is 3.07.